The molecule has 1 aliphatic heterocycles. The molecule has 1 aliphatic rings. The molecule has 0 bridgehead atoms. The standard InChI is InChI=1S/C24H26N4O3S/c1-15-14-18(16(2)28(15)20-10-5-4-8-17(20)23(30)31-3)22-21(19-9-6-7-11-25-19)26-24(32)27(22)12-13-29/h4-11,14,21-22,29H,12-13H2,1-3H3,(H,26,32)/t21-,22+/m0/s1. The second-order valence-electron chi connectivity index (χ2n) is 7.71. The molecule has 0 unspecified atom stereocenters. The van der Waals surface area contributed by atoms with Crippen LogP contribution in [0.3, 0.4) is 0 Å². The summed E-state index contributed by atoms with van der Waals surface area (Å²) in [7, 11) is 1.38. The van der Waals surface area contributed by atoms with Crippen LogP contribution in [0.15, 0.2) is 54.7 Å². The number of pyridine rings is 1. The molecular weight excluding hydrogens is 424 g/mol. The van der Waals surface area contributed by atoms with Gasteiger partial charge in [0.1, 0.15) is 0 Å². The molecule has 0 spiro atoms. The van der Waals surface area contributed by atoms with Gasteiger partial charge < -0.3 is 24.6 Å². The minimum atomic E-state index is -0.383. The molecule has 8 heteroatoms. The van der Waals surface area contributed by atoms with E-state index in [2.05, 4.69) is 20.9 Å². The molecule has 7 nitrogen and oxygen atoms in total. The Hall–Kier alpha value is -3.23. The van der Waals surface area contributed by atoms with Gasteiger partial charge in [-0.05, 0) is 62.0 Å². The molecule has 1 fully saturated rings. The summed E-state index contributed by atoms with van der Waals surface area (Å²) in [6, 6.07) is 15.0. The molecule has 0 radical (unpaired) electrons. The highest BCUT2D eigenvalue weighted by molar-refractivity contribution is 7.80. The number of carbonyl (C=O) groups excluding carboxylic acids is 1. The zero-order valence-electron chi connectivity index (χ0n) is 18.3. The number of aliphatic hydroxyl groups is 1. The van der Waals surface area contributed by atoms with E-state index < -0.39 is 0 Å². The van der Waals surface area contributed by atoms with Gasteiger partial charge in [-0.15, -0.1) is 0 Å². The van der Waals surface area contributed by atoms with E-state index in [0.717, 1.165) is 28.3 Å². The van der Waals surface area contributed by atoms with Crippen molar-refractivity contribution >= 4 is 23.3 Å². The molecule has 4 rings (SSSR count). The Morgan fingerprint density at radius 3 is 2.66 bits per heavy atom. The van der Waals surface area contributed by atoms with Crippen molar-refractivity contribution in [3.63, 3.8) is 0 Å². The lowest BCUT2D eigenvalue weighted by Gasteiger charge is -2.27. The number of thiocarbonyl (C=S) groups is 1. The number of para-hydroxylation sites is 1. The van der Waals surface area contributed by atoms with E-state index >= 15 is 0 Å². The quantitative estimate of drug-likeness (QED) is 0.441. The first-order chi connectivity index (χ1) is 15.5. The lowest BCUT2D eigenvalue weighted by molar-refractivity contribution is 0.0600. The van der Waals surface area contributed by atoms with E-state index in [4.69, 9.17) is 17.0 Å². The van der Waals surface area contributed by atoms with Crippen molar-refractivity contribution in [1.29, 1.82) is 0 Å². The summed E-state index contributed by atoms with van der Waals surface area (Å²) >= 11 is 5.62. The van der Waals surface area contributed by atoms with Gasteiger partial charge in [-0.25, -0.2) is 4.79 Å². The number of benzene rings is 1. The molecule has 2 aromatic heterocycles. The van der Waals surface area contributed by atoms with Crippen molar-refractivity contribution in [2.24, 2.45) is 0 Å². The largest absolute Gasteiger partial charge is 0.465 e. The first-order valence-corrected chi connectivity index (χ1v) is 10.8. The zero-order chi connectivity index (χ0) is 22.8. The number of rotatable bonds is 6. The Kier molecular flexibility index (Phi) is 6.25. The molecule has 1 aromatic carbocycles. The van der Waals surface area contributed by atoms with Crippen LogP contribution in [0.4, 0.5) is 0 Å². The number of hydrogen-bond donors (Lipinski definition) is 2. The minimum absolute atomic E-state index is 0.0167. The summed E-state index contributed by atoms with van der Waals surface area (Å²) in [6.45, 7) is 4.43. The van der Waals surface area contributed by atoms with Gasteiger partial charge in [0.05, 0.1) is 42.7 Å². The third-order valence-corrected chi connectivity index (χ3v) is 6.23. The van der Waals surface area contributed by atoms with Crippen molar-refractivity contribution in [3.8, 4) is 5.69 Å². The summed E-state index contributed by atoms with van der Waals surface area (Å²) < 4.78 is 7.06. The predicted octanol–water partition coefficient (Wildman–Crippen LogP) is 3.24. The van der Waals surface area contributed by atoms with Crippen LogP contribution in [0.25, 0.3) is 5.69 Å². The lowest BCUT2D eigenvalue weighted by atomic mass is 9.97. The van der Waals surface area contributed by atoms with E-state index in [9.17, 15) is 9.90 Å². The Morgan fingerprint density at radius 1 is 1.22 bits per heavy atom. The fourth-order valence-corrected chi connectivity index (χ4v) is 4.83. The van der Waals surface area contributed by atoms with E-state index in [0.29, 0.717) is 17.2 Å². The van der Waals surface area contributed by atoms with Gasteiger partial charge in [-0.3, -0.25) is 4.98 Å². The fourth-order valence-electron chi connectivity index (χ4n) is 4.50. The van der Waals surface area contributed by atoms with Crippen LogP contribution in [0, 0.1) is 13.8 Å². The highest BCUT2D eigenvalue weighted by Gasteiger charge is 2.41. The van der Waals surface area contributed by atoms with Gasteiger partial charge >= 0.3 is 5.97 Å². The maximum atomic E-state index is 12.4. The molecule has 166 valence electrons. The molecule has 32 heavy (non-hydrogen) atoms. The summed E-state index contributed by atoms with van der Waals surface area (Å²) in [5.41, 5.74) is 5.16. The average Bonchev–Trinajstić information content (AvgIpc) is 3.29. The Labute approximate surface area is 192 Å². The first kappa shape index (κ1) is 22.0. The number of aliphatic hydroxyl groups excluding tert-OH is 1. The molecular formula is C24H26N4O3S. The van der Waals surface area contributed by atoms with Crippen LogP contribution in [0.2, 0.25) is 0 Å². The monoisotopic (exact) mass is 450 g/mol. The van der Waals surface area contributed by atoms with Crippen LogP contribution in [0.1, 0.15) is 45.1 Å². The number of ether oxygens (including phenoxy) is 1. The van der Waals surface area contributed by atoms with Crippen molar-refractivity contribution in [3.05, 3.63) is 82.9 Å². The van der Waals surface area contributed by atoms with E-state index in [-0.39, 0.29) is 24.7 Å². The Bertz CT molecular complexity index is 1150. The molecule has 0 aliphatic carbocycles. The minimum Gasteiger partial charge on any atom is -0.465 e. The molecule has 2 N–H and O–H groups in total. The van der Waals surface area contributed by atoms with Gasteiger partial charge in [0.25, 0.3) is 0 Å². The summed E-state index contributed by atoms with van der Waals surface area (Å²) in [6.07, 6.45) is 1.77. The number of methoxy groups -OCH3 is 1. The number of nitrogens with one attached hydrogen (secondary N) is 1. The smallest absolute Gasteiger partial charge is 0.339 e. The van der Waals surface area contributed by atoms with Crippen LogP contribution < -0.4 is 5.32 Å². The molecule has 0 saturated carbocycles. The average molecular weight is 451 g/mol. The van der Waals surface area contributed by atoms with Crippen LogP contribution in [0.5, 0.6) is 0 Å². The first-order valence-electron chi connectivity index (χ1n) is 10.4. The maximum Gasteiger partial charge on any atom is 0.339 e. The number of carbonyl (C=O) groups is 1. The normalized spacial score (nSPS) is 18.0. The van der Waals surface area contributed by atoms with Crippen LogP contribution in [-0.2, 0) is 4.74 Å². The van der Waals surface area contributed by atoms with E-state index in [1.807, 2.05) is 55.1 Å². The van der Waals surface area contributed by atoms with E-state index in [1.165, 1.54) is 7.11 Å². The van der Waals surface area contributed by atoms with Crippen molar-refractivity contribution in [1.82, 2.24) is 19.8 Å². The van der Waals surface area contributed by atoms with Gasteiger partial charge in [-0.2, -0.15) is 0 Å². The van der Waals surface area contributed by atoms with Gasteiger partial charge in [0.15, 0.2) is 5.11 Å². The summed E-state index contributed by atoms with van der Waals surface area (Å²) in [4.78, 5) is 19.0. The number of aromatic nitrogens is 2. The van der Waals surface area contributed by atoms with Gasteiger partial charge in [0.2, 0.25) is 0 Å². The fraction of sp³-hybridized carbons (Fsp3) is 0.292. The zero-order valence-corrected chi connectivity index (χ0v) is 19.1. The second-order valence-corrected chi connectivity index (χ2v) is 8.10. The summed E-state index contributed by atoms with van der Waals surface area (Å²) in [5, 5.41) is 13.7. The third-order valence-electron chi connectivity index (χ3n) is 5.88. The number of esters is 1. The third kappa shape index (κ3) is 3.76. The SMILES string of the molecule is COC(=O)c1ccccc1-n1c(C)cc([C@@H]2[C@H](c3ccccn3)NC(=S)N2CCO)c1C. The molecule has 3 heterocycles. The van der Waals surface area contributed by atoms with Crippen molar-refractivity contribution in [2.75, 3.05) is 20.3 Å². The Balaban J connectivity index is 1.86. The molecule has 3 aromatic rings. The lowest BCUT2D eigenvalue weighted by Crippen LogP contribution is -2.32. The predicted molar refractivity (Wildman–Crippen MR) is 126 cm³/mol. The highest BCUT2D eigenvalue weighted by atomic mass is 32.1. The highest BCUT2D eigenvalue weighted by Crippen LogP contribution is 2.41. The topological polar surface area (TPSA) is 79.6 Å². The van der Waals surface area contributed by atoms with Crippen molar-refractivity contribution in [2.45, 2.75) is 25.9 Å². The van der Waals surface area contributed by atoms with Gasteiger partial charge in [0, 0.05) is 24.1 Å². The van der Waals surface area contributed by atoms with Gasteiger partial charge in [-0.1, -0.05) is 18.2 Å². The van der Waals surface area contributed by atoms with Crippen LogP contribution >= 0.6 is 12.2 Å². The molecule has 0 amide bonds. The summed E-state index contributed by atoms with van der Waals surface area (Å²) in [5.74, 6) is -0.383. The van der Waals surface area contributed by atoms with Crippen LogP contribution in [-0.4, -0.2) is 50.9 Å². The maximum absolute atomic E-state index is 12.4. The molecule has 1 saturated heterocycles. The number of β-amino-alcohol motifs (C(OH)–C–C–N with tert-alkyl or cyclic N) is 1. The number of hydrogen-bond acceptors (Lipinski definition) is 5. The second kappa shape index (κ2) is 9.10. The molecule has 2 atom stereocenters. The number of nitrogens with zero attached hydrogens (tertiary/aromatic N) is 3. The number of aryl methyl sites for hydroxylation is 1. The van der Waals surface area contributed by atoms with Crippen molar-refractivity contribution < 1.29 is 14.6 Å². The van der Waals surface area contributed by atoms with E-state index in [1.54, 1.807) is 12.3 Å². The Morgan fingerprint density at radius 2 is 1.97 bits per heavy atom.